The van der Waals surface area contributed by atoms with Crippen molar-refractivity contribution in [1.29, 1.82) is 0 Å². The largest absolute Gasteiger partial charge is 0.490 e. The third-order valence-electron chi connectivity index (χ3n) is 4.65. The van der Waals surface area contributed by atoms with Crippen LogP contribution in [0.4, 0.5) is 4.79 Å². The summed E-state index contributed by atoms with van der Waals surface area (Å²) in [5.41, 5.74) is 0.995. The topological polar surface area (TPSA) is 111 Å². The summed E-state index contributed by atoms with van der Waals surface area (Å²) >= 11 is 0. The molecule has 166 valence electrons. The van der Waals surface area contributed by atoms with Crippen molar-refractivity contribution in [3.8, 4) is 5.75 Å². The smallest absolute Gasteiger partial charge is 0.408 e. The molecule has 0 aliphatic carbocycles. The highest BCUT2D eigenvalue weighted by molar-refractivity contribution is 5.87. The molecule has 0 heterocycles. The summed E-state index contributed by atoms with van der Waals surface area (Å²) in [6.07, 6.45) is -0.0357. The second kappa shape index (κ2) is 12.2. The van der Waals surface area contributed by atoms with E-state index in [0.29, 0.717) is 12.2 Å². The molecule has 0 saturated heterocycles. The van der Waals surface area contributed by atoms with Crippen LogP contribution in [0.5, 0.6) is 5.75 Å². The monoisotopic (exact) mass is 429 g/mol. The summed E-state index contributed by atoms with van der Waals surface area (Å²) in [5.74, 6) is -1.29. The van der Waals surface area contributed by atoms with Crippen LogP contribution in [0.3, 0.4) is 0 Å². The second-order valence-corrected chi connectivity index (χ2v) is 6.91. The molecular weight excluding hydrogens is 402 g/mol. The Bertz CT molecular complexity index is 852. The van der Waals surface area contributed by atoms with Crippen LogP contribution in [-0.2, 0) is 20.9 Å². The maximum absolute atomic E-state index is 12.5. The van der Waals surface area contributed by atoms with Crippen molar-refractivity contribution in [2.24, 2.45) is 5.92 Å². The number of hydrogen-bond acceptors (Lipinski definition) is 6. The molecule has 0 saturated carbocycles. The predicted molar refractivity (Wildman–Crippen MR) is 113 cm³/mol. The fourth-order valence-corrected chi connectivity index (χ4v) is 2.65. The highest BCUT2D eigenvalue weighted by Crippen LogP contribution is 2.13. The Morgan fingerprint density at radius 2 is 1.65 bits per heavy atom. The zero-order chi connectivity index (χ0) is 22.6. The lowest BCUT2D eigenvalue weighted by atomic mass is 9.99. The van der Waals surface area contributed by atoms with Crippen molar-refractivity contribution in [1.82, 2.24) is 5.32 Å². The molecule has 2 atom stereocenters. The minimum atomic E-state index is -1.02. The van der Waals surface area contributed by atoms with Crippen LogP contribution in [0.2, 0.25) is 0 Å². The van der Waals surface area contributed by atoms with Gasteiger partial charge in [-0.05, 0) is 35.7 Å². The van der Waals surface area contributed by atoms with Crippen LogP contribution in [-0.4, -0.2) is 42.4 Å². The first-order valence-electron chi connectivity index (χ1n) is 10.0. The van der Waals surface area contributed by atoms with Crippen molar-refractivity contribution in [3.63, 3.8) is 0 Å². The zero-order valence-electron chi connectivity index (χ0n) is 17.6. The van der Waals surface area contributed by atoms with Gasteiger partial charge in [0, 0.05) is 0 Å². The fraction of sp³-hybridized carbons (Fsp3) is 0.348. The first-order valence-corrected chi connectivity index (χ1v) is 10.0. The third kappa shape index (κ3) is 8.00. The van der Waals surface area contributed by atoms with E-state index in [1.54, 1.807) is 0 Å². The minimum Gasteiger partial charge on any atom is -0.490 e. The molecule has 2 aromatic carbocycles. The summed E-state index contributed by atoms with van der Waals surface area (Å²) in [5, 5.41) is 11.5. The van der Waals surface area contributed by atoms with Crippen LogP contribution in [0.15, 0.2) is 54.6 Å². The number of carbonyl (C=O) groups is 3. The van der Waals surface area contributed by atoms with Gasteiger partial charge in [0.15, 0.2) is 0 Å². The molecule has 31 heavy (non-hydrogen) atoms. The van der Waals surface area contributed by atoms with Gasteiger partial charge < -0.3 is 24.6 Å². The maximum Gasteiger partial charge on any atom is 0.408 e. The van der Waals surface area contributed by atoms with E-state index in [0.717, 1.165) is 5.56 Å². The Morgan fingerprint density at radius 1 is 0.968 bits per heavy atom. The average molecular weight is 429 g/mol. The first-order chi connectivity index (χ1) is 14.9. The van der Waals surface area contributed by atoms with E-state index in [4.69, 9.17) is 19.3 Å². The van der Waals surface area contributed by atoms with Crippen LogP contribution >= 0.6 is 0 Å². The molecule has 1 amide bonds. The van der Waals surface area contributed by atoms with Gasteiger partial charge in [-0.1, -0.05) is 50.6 Å². The Morgan fingerprint density at radius 3 is 2.26 bits per heavy atom. The molecular formula is C23H27NO7. The molecule has 2 rings (SSSR count). The number of carbonyl (C=O) groups excluding carboxylic acids is 2. The van der Waals surface area contributed by atoms with Crippen molar-refractivity contribution in [2.75, 3.05) is 13.2 Å². The third-order valence-corrected chi connectivity index (χ3v) is 4.65. The lowest BCUT2D eigenvalue weighted by Gasteiger charge is -2.22. The van der Waals surface area contributed by atoms with Gasteiger partial charge in [-0.25, -0.2) is 14.4 Å². The summed E-state index contributed by atoms with van der Waals surface area (Å²) in [7, 11) is 0. The molecule has 0 radical (unpaired) electrons. The molecule has 0 aromatic heterocycles. The maximum atomic E-state index is 12.5. The summed E-state index contributed by atoms with van der Waals surface area (Å²) < 4.78 is 15.9. The molecule has 0 spiro atoms. The van der Waals surface area contributed by atoms with Crippen LogP contribution < -0.4 is 10.1 Å². The molecule has 8 nitrogen and oxygen atoms in total. The number of aromatic carboxylic acids is 1. The number of nitrogens with one attached hydrogen (secondary N) is 1. The van der Waals surface area contributed by atoms with Crippen LogP contribution in [0, 0.1) is 5.92 Å². The predicted octanol–water partition coefficient (Wildman–Crippen LogP) is 3.65. The number of ether oxygens (including phenoxy) is 3. The van der Waals surface area contributed by atoms with E-state index < -0.39 is 24.1 Å². The number of hydrogen-bond donors (Lipinski definition) is 2. The first kappa shape index (κ1) is 23.7. The van der Waals surface area contributed by atoms with Gasteiger partial charge in [-0.15, -0.1) is 0 Å². The standard InChI is InChI=1S/C23H27NO7/c1-3-16(2)20(24-23(28)31-15-17-7-5-4-6-8-17)22(27)30-14-13-29-19-11-9-18(10-12-19)21(25)26/h4-12,16,20H,3,13-15H2,1-2H3,(H,24,28)(H,25,26)/t16-,20-/m0/s1. The molecule has 0 unspecified atom stereocenters. The Balaban J connectivity index is 1.79. The number of benzene rings is 2. The number of carboxylic acid groups (broad SMARTS) is 1. The fourth-order valence-electron chi connectivity index (χ4n) is 2.65. The highest BCUT2D eigenvalue weighted by atomic mass is 16.6. The summed E-state index contributed by atoms with van der Waals surface area (Å²) in [6.45, 7) is 3.91. The van der Waals surface area contributed by atoms with E-state index in [-0.39, 0.29) is 31.3 Å². The van der Waals surface area contributed by atoms with Crippen molar-refractivity contribution in [2.45, 2.75) is 32.9 Å². The molecule has 2 N–H and O–H groups in total. The van der Waals surface area contributed by atoms with E-state index in [9.17, 15) is 14.4 Å². The number of amides is 1. The van der Waals surface area contributed by atoms with Crippen molar-refractivity contribution in [3.05, 3.63) is 65.7 Å². The Labute approximate surface area is 181 Å². The number of alkyl carbamates (subject to hydrolysis) is 1. The molecule has 0 aliphatic rings. The normalized spacial score (nSPS) is 12.3. The zero-order valence-corrected chi connectivity index (χ0v) is 17.6. The van der Waals surface area contributed by atoms with E-state index in [2.05, 4.69) is 5.32 Å². The molecule has 2 aromatic rings. The average Bonchev–Trinajstić information content (AvgIpc) is 2.79. The Hall–Kier alpha value is -3.55. The Kier molecular flexibility index (Phi) is 9.35. The van der Waals surface area contributed by atoms with Gasteiger partial charge in [0.25, 0.3) is 0 Å². The highest BCUT2D eigenvalue weighted by Gasteiger charge is 2.28. The van der Waals surface area contributed by atoms with E-state index >= 15 is 0 Å². The summed E-state index contributed by atoms with van der Waals surface area (Å²) in [4.78, 5) is 35.4. The van der Waals surface area contributed by atoms with E-state index in [1.165, 1.54) is 24.3 Å². The number of rotatable bonds is 11. The number of esters is 1. The van der Waals surface area contributed by atoms with Crippen molar-refractivity contribution < 1.29 is 33.7 Å². The minimum absolute atomic E-state index is 0.0206. The van der Waals surface area contributed by atoms with Gasteiger partial charge in [-0.3, -0.25) is 0 Å². The van der Waals surface area contributed by atoms with Gasteiger partial charge in [-0.2, -0.15) is 0 Å². The lowest BCUT2D eigenvalue weighted by molar-refractivity contribution is -0.148. The van der Waals surface area contributed by atoms with Gasteiger partial charge in [0.2, 0.25) is 0 Å². The van der Waals surface area contributed by atoms with Gasteiger partial charge in [0.1, 0.15) is 31.6 Å². The molecule has 0 bridgehead atoms. The van der Waals surface area contributed by atoms with Gasteiger partial charge in [0.05, 0.1) is 5.56 Å². The number of carboxylic acids is 1. The molecule has 0 aliphatic heterocycles. The molecule has 0 fully saturated rings. The quantitative estimate of drug-likeness (QED) is 0.414. The van der Waals surface area contributed by atoms with Crippen LogP contribution in [0.1, 0.15) is 36.2 Å². The van der Waals surface area contributed by atoms with Gasteiger partial charge >= 0.3 is 18.0 Å². The lowest BCUT2D eigenvalue weighted by Crippen LogP contribution is -2.46. The summed E-state index contributed by atoms with van der Waals surface area (Å²) in [6, 6.07) is 14.3. The van der Waals surface area contributed by atoms with E-state index in [1.807, 2.05) is 44.2 Å². The van der Waals surface area contributed by atoms with Crippen LogP contribution in [0.25, 0.3) is 0 Å². The van der Waals surface area contributed by atoms with Crippen molar-refractivity contribution >= 4 is 18.0 Å². The SMILES string of the molecule is CC[C@H](C)[C@H](NC(=O)OCc1ccccc1)C(=O)OCCOc1ccc(C(=O)O)cc1. The second-order valence-electron chi connectivity index (χ2n) is 6.91. The molecule has 8 heteroatoms.